The van der Waals surface area contributed by atoms with Crippen LogP contribution in [0, 0.1) is 0 Å². The van der Waals surface area contributed by atoms with Crippen LogP contribution in [0.1, 0.15) is 13.8 Å². The fraction of sp³-hybridized carbons (Fsp3) is 0.0263. The van der Waals surface area contributed by atoms with Gasteiger partial charge in [0.25, 0.3) is 0 Å². The van der Waals surface area contributed by atoms with E-state index in [2.05, 4.69) is 278 Å². The number of pyridine rings is 4. The maximum Gasteiger partial charge on any atom is 0.138 e. The molecule has 0 unspecified atom stereocenters. The van der Waals surface area contributed by atoms with Gasteiger partial charge in [-0.1, -0.05) is 196 Å². The molecule has 6 heteroatoms. The number of benzene rings is 10. The maximum absolute atomic E-state index is 4.93. The summed E-state index contributed by atoms with van der Waals surface area (Å²) in [5.41, 5.74) is 17.9. The zero-order chi connectivity index (χ0) is 54.4. The van der Waals surface area contributed by atoms with Crippen molar-refractivity contribution in [3.05, 3.63) is 279 Å². The van der Waals surface area contributed by atoms with Gasteiger partial charge in [0.1, 0.15) is 5.82 Å². The summed E-state index contributed by atoms with van der Waals surface area (Å²) in [5.74, 6) is 0.890. The minimum absolute atomic E-state index is 0.890. The van der Waals surface area contributed by atoms with Crippen LogP contribution in [0.2, 0.25) is 0 Å². The number of rotatable bonds is 4. The van der Waals surface area contributed by atoms with Crippen molar-refractivity contribution in [1.29, 1.82) is 0 Å². The van der Waals surface area contributed by atoms with Gasteiger partial charge in [-0.2, -0.15) is 0 Å². The van der Waals surface area contributed by atoms with Crippen molar-refractivity contribution in [3.63, 3.8) is 0 Å². The quantitative estimate of drug-likeness (QED) is 0.165. The van der Waals surface area contributed by atoms with E-state index in [1.165, 1.54) is 131 Å². The summed E-state index contributed by atoms with van der Waals surface area (Å²) in [6.45, 7) is 4.00. The van der Waals surface area contributed by atoms with Gasteiger partial charge in [0.05, 0.1) is 55.2 Å². The molecule has 0 saturated carbocycles. The third-order valence-corrected chi connectivity index (χ3v) is 16.7. The Labute approximate surface area is 472 Å². The Morgan fingerprint density at radius 2 is 0.744 bits per heavy atom. The number of hydrogen-bond acceptors (Lipinski definition) is 2. The van der Waals surface area contributed by atoms with E-state index in [0.717, 1.165) is 22.5 Å². The van der Waals surface area contributed by atoms with E-state index in [1.54, 1.807) is 0 Å². The molecule has 0 bridgehead atoms. The molecular weight excluding hydrogens is 997 g/mol. The third kappa shape index (κ3) is 7.08. The van der Waals surface area contributed by atoms with Gasteiger partial charge < -0.3 is 13.4 Å². The van der Waals surface area contributed by atoms with Gasteiger partial charge in [0.15, 0.2) is 0 Å². The average Bonchev–Trinajstić information content (AvgIpc) is 2.70. The van der Waals surface area contributed by atoms with Gasteiger partial charge in [0.2, 0.25) is 0 Å². The van der Waals surface area contributed by atoms with Crippen LogP contribution in [-0.4, -0.2) is 27.9 Å². The van der Waals surface area contributed by atoms with E-state index in [1.807, 2.05) is 38.5 Å². The maximum atomic E-state index is 4.93. The van der Waals surface area contributed by atoms with Gasteiger partial charge >= 0.3 is 0 Å². The van der Waals surface area contributed by atoms with Crippen LogP contribution in [0.5, 0.6) is 0 Å². The van der Waals surface area contributed by atoms with Crippen molar-refractivity contribution < 1.29 is 0 Å². The lowest BCUT2D eigenvalue weighted by molar-refractivity contribution is 1.08. The van der Waals surface area contributed by atoms with Crippen LogP contribution in [-0.2, 0) is 0 Å². The van der Waals surface area contributed by atoms with Crippen molar-refractivity contribution in [1.82, 2.24) is 27.9 Å². The lowest BCUT2D eigenvalue weighted by Crippen LogP contribution is -1.99. The van der Waals surface area contributed by atoms with Gasteiger partial charge in [-0.25, -0.2) is 4.98 Å². The van der Waals surface area contributed by atoms with Gasteiger partial charge in [0, 0.05) is 83.7 Å². The molecule has 10 aromatic carbocycles. The van der Waals surface area contributed by atoms with Crippen LogP contribution in [0.15, 0.2) is 279 Å². The molecule has 0 atom stereocenters. The molecular formula is C76H52N6. The van der Waals surface area contributed by atoms with Crippen LogP contribution < -0.4 is 0 Å². The van der Waals surface area contributed by atoms with Crippen molar-refractivity contribution in [2.75, 3.05) is 0 Å². The van der Waals surface area contributed by atoms with Crippen LogP contribution in [0.4, 0.5) is 0 Å². The van der Waals surface area contributed by atoms with Gasteiger partial charge in [-0.3, -0.25) is 9.55 Å². The second-order valence-electron chi connectivity index (χ2n) is 20.9. The summed E-state index contributed by atoms with van der Waals surface area (Å²) in [6, 6.07) is 94.3. The standard InChI is InChI=1S/C38H24N2.C36H22N4.C2H6/c1-2-11-25(12-3-1)26-14-10-15-28(23-26)39-34-20-9-7-17-30(34)32-21-22-35-37(38(32)39)31-18-6-5-16-29(31)36-24-27-13-4-8-19-33(27)40(35)36;1-5-13-30-24(8-1)20-33-26-10-2-3-12-28(26)35-32(39(30)33)16-15-29-27-11-4-6-14-31(27)40(36(29)35)34-21-23(17-19-38-34)25-9-7-18-37-22-25;1-2/h1-24H;1-22H;1-2H3. The van der Waals surface area contributed by atoms with E-state index >= 15 is 0 Å². The molecule has 18 rings (SSSR count). The molecule has 18 aromatic rings. The number of hydrogen-bond donors (Lipinski definition) is 0. The Kier molecular flexibility index (Phi) is 10.9. The predicted molar refractivity (Wildman–Crippen MR) is 346 cm³/mol. The summed E-state index contributed by atoms with van der Waals surface area (Å²) in [6.07, 6.45) is 5.61. The molecule has 0 aliphatic rings. The molecule has 0 N–H and O–H groups in total. The first-order chi connectivity index (χ1) is 40.7. The second-order valence-corrected chi connectivity index (χ2v) is 20.9. The topological polar surface area (TPSA) is 44.5 Å². The minimum atomic E-state index is 0.890. The second kappa shape index (κ2) is 18.9. The van der Waals surface area contributed by atoms with E-state index in [-0.39, 0.29) is 0 Å². The van der Waals surface area contributed by atoms with Gasteiger partial charge in [-0.15, -0.1) is 0 Å². The fourth-order valence-corrected chi connectivity index (χ4v) is 13.3. The highest BCUT2D eigenvalue weighted by molar-refractivity contribution is 6.29. The summed E-state index contributed by atoms with van der Waals surface area (Å²) in [4.78, 5) is 9.28. The van der Waals surface area contributed by atoms with Crippen molar-refractivity contribution >= 4 is 120 Å². The van der Waals surface area contributed by atoms with E-state index in [0.29, 0.717) is 0 Å². The molecule has 0 aliphatic carbocycles. The normalized spacial score (nSPS) is 11.8. The van der Waals surface area contributed by atoms with Crippen LogP contribution in [0.25, 0.3) is 154 Å². The molecule has 0 amide bonds. The Hall–Kier alpha value is -10.8. The molecule has 0 saturated heterocycles. The molecule has 6 nitrogen and oxygen atoms in total. The average molecular weight is 1050 g/mol. The number of aromatic nitrogens is 6. The molecule has 0 radical (unpaired) electrons. The fourth-order valence-electron chi connectivity index (χ4n) is 13.3. The number of nitrogens with zero attached hydrogens (tertiary/aromatic N) is 6. The van der Waals surface area contributed by atoms with Gasteiger partial charge in [-0.05, 0) is 106 Å². The Balaban J connectivity index is 0.000000131. The minimum Gasteiger partial charge on any atom is -0.309 e. The zero-order valence-electron chi connectivity index (χ0n) is 45.2. The first-order valence-electron chi connectivity index (χ1n) is 28.3. The molecule has 386 valence electrons. The molecule has 8 aromatic heterocycles. The molecule has 8 heterocycles. The van der Waals surface area contributed by atoms with Crippen molar-refractivity contribution in [3.8, 4) is 33.8 Å². The lowest BCUT2D eigenvalue weighted by Gasteiger charge is -2.15. The van der Waals surface area contributed by atoms with E-state index in [4.69, 9.17) is 4.98 Å². The lowest BCUT2D eigenvalue weighted by atomic mass is 10.0. The monoisotopic (exact) mass is 1050 g/mol. The summed E-state index contributed by atoms with van der Waals surface area (Å²) >= 11 is 0. The largest absolute Gasteiger partial charge is 0.309 e. The highest BCUT2D eigenvalue weighted by Crippen LogP contribution is 2.45. The first-order valence-corrected chi connectivity index (χ1v) is 28.3. The SMILES string of the molecule is CC.c1ccc(-c2cccc(-n3c4ccccc4c4ccc5c(c6ccccc6c6cc7ccccc7n65)c43)c2)cc1.c1cncc(-c2ccnc(-n3c4ccccc4c4ccc5c(c6ccccc6c6cc7ccccc7n65)c43)c2)c1. The highest BCUT2D eigenvalue weighted by Gasteiger charge is 2.23. The van der Waals surface area contributed by atoms with E-state index < -0.39 is 0 Å². The molecule has 0 fully saturated rings. The number of fused-ring (bicyclic) bond motifs is 24. The Morgan fingerprint density at radius 1 is 0.280 bits per heavy atom. The molecule has 0 aliphatic heterocycles. The summed E-state index contributed by atoms with van der Waals surface area (Å²) < 4.78 is 9.70. The van der Waals surface area contributed by atoms with Crippen molar-refractivity contribution in [2.45, 2.75) is 13.8 Å². The molecule has 0 spiro atoms. The zero-order valence-corrected chi connectivity index (χ0v) is 45.2. The van der Waals surface area contributed by atoms with Crippen LogP contribution >= 0.6 is 0 Å². The van der Waals surface area contributed by atoms with E-state index in [9.17, 15) is 0 Å². The highest BCUT2D eigenvalue weighted by atomic mass is 15.1. The predicted octanol–water partition coefficient (Wildman–Crippen LogP) is 20.1. The first kappa shape index (κ1) is 47.2. The Bertz CT molecular complexity index is 5200. The van der Waals surface area contributed by atoms with Crippen LogP contribution in [0.3, 0.4) is 0 Å². The number of para-hydroxylation sites is 4. The van der Waals surface area contributed by atoms with Crippen molar-refractivity contribution in [2.24, 2.45) is 0 Å². The summed E-state index contributed by atoms with van der Waals surface area (Å²) in [5, 5.41) is 15.0. The third-order valence-electron chi connectivity index (χ3n) is 16.7. The smallest absolute Gasteiger partial charge is 0.138 e. The summed E-state index contributed by atoms with van der Waals surface area (Å²) in [7, 11) is 0. The Morgan fingerprint density at radius 3 is 1.32 bits per heavy atom. The molecule has 82 heavy (non-hydrogen) atoms.